The molecule has 0 aromatic carbocycles. The van der Waals surface area contributed by atoms with E-state index in [9.17, 15) is 9.59 Å². The van der Waals surface area contributed by atoms with E-state index in [-0.39, 0.29) is 5.56 Å². The van der Waals surface area contributed by atoms with Crippen molar-refractivity contribution in [2.75, 3.05) is 0 Å². The van der Waals surface area contributed by atoms with Gasteiger partial charge in [0.25, 0.3) is 0 Å². The number of aromatic carboxylic acids is 1. The molecule has 5 nitrogen and oxygen atoms in total. The first kappa shape index (κ1) is 11.2. The number of aromatic nitrogens is 1. The SMILES string of the molecule is Cc1cc(=O)c(C(=O)O)cn1Cc1ccco1. The Hall–Kier alpha value is -2.30. The van der Waals surface area contributed by atoms with E-state index in [0.717, 1.165) is 0 Å². The zero-order valence-corrected chi connectivity index (χ0v) is 9.21. The predicted molar refractivity (Wildman–Crippen MR) is 60.2 cm³/mol. The van der Waals surface area contributed by atoms with Crippen molar-refractivity contribution in [3.05, 3.63) is 57.9 Å². The Morgan fingerprint density at radius 3 is 2.88 bits per heavy atom. The lowest BCUT2D eigenvalue weighted by Gasteiger charge is -2.09. The Balaban J connectivity index is 2.44. The first-order chi connectivity index (χ1) is 8.08. The zero-order chi connectivity index (χ0) is 12.4. The van der Waals surface area contributed by atoms with Gasteiger partial charge in [-0.1, -0.05) is 0 Å². The maximum absolute atomic E-state index is 11.4. The van der Waals surface area contributed by atoms with Gasteiger partial charge in [-0.2, -0.15) is 0 Å². The number of aryl methyl sites for hydroxylation is 1. The van der Waals surface area contributed by atoms with E-state index in [1.807, 2.05) is 0 Å². The molecular formula is C12H11NO4. The molecule has 1 N–H and O–H groups in total. The molecule has 0 aliphatic heterocycles. The average molecular weight is 233 g/mol. The topological polar surface area (TPSA) is 72.4 Å². The molecule has 0 spiro atoms. The predicted octanol–water partition coefficient (Wildman–Crippen LogP) is 1.50. The summed E-state index contributed by atoms with van der Waals surface area (Å²) < 4.78 is 6.85. The smallest absolute Gasteiger partial charge is 0.341 e. The quantitative estimate of drug-likeness (QED) is 0.871. The summed E-state index contributed by atoms with van der Waals surface area (Å²) in [6.07, 6.45) is 2.88. The fourth-order valence-electron chi connectivity index (χ4n) is 1.57. The van der Waals surface area contributed by atoms with Crippen LogP contribution in [0.15, 0.2) is 39.9 Å². The summed E-state index contributed by atoms with van der Waals surface area (Å²) in [7, 11) is 0. The first-order valence-corrected chi connectivity index (χ1v) is 5.04. The lowest BCUT2D eigenvalue weighted by Crippen LogP contribution is -2.19. The molecule has 0 bridgehead atoms. The maximum Gasteiger partial charge on any atom is 0.341 e. The standard InChI is InChI=1S/C12H11NO4/c1-8-5-11(14)10(12(15)16)7-13(8)6-9-3-2-4-17-9/h2-5,7H,6H2,1H3,(H,15,16). The summed E-state index contributed by atoms with van der Waals surface area (Å²) in [5, 5.41) is 8.87. The van der Waals surface area contributed by atoms with Crippen molar-refractivity contribution in [2.24, 2.45) is 0 Å². The number of hydrogen-bond donors (Lipinski definition) is 1. The molecule has 2 heterocycles. The highest BCUT2D eigenvalue weighted by atomic mass is 16.4. The molecule has 88 valence electrons. The van der Waals surface area contributed by atoms with Crippen molar-refractivity contribution in [3.63, 3.8) is 0 Å². The van der Waals surface area contributed by atoms with Crippen LogP contribution in [0.5, 0.6) is 0 Å². The molecule has 17 heavy (non-hydrogen) atoms. The highest BCUT2D eigenvalue weighted by molar-refractivity contribution is 5.87. The molecule has 0 amide bonds. The van der Waals surface area contributed by atoms with Gasteiger partial charge in [0.05, 0.1) is 12.8 Å². The van der Waals surface area contributed by atoms with Gasteiger partial charge in [0.2, 0.25) is 0 Å². The summed E-state index contributed by atoms with van der Waals surface area (Å²) in [6.45, 7) is 2.15. The molecule has 2 aromatic heterocycles. The van der Waals surface area contributed by atoms with Crippen LogP contribution in [0.3, 0.4) is 0 Å². The van der Waals surface area contributed by atoms with Gasteiger partial charge in [-0.25, -0.2) is 4.79 Å². The molecule has 0 radical (unpaired) electrons. The van der Waals surface area contributed by atoms with Crippen molar-refractivity contribution in [2.45, 2.75) is 13.5 Å². The van der Waals surface area contributed by atoms with Crippen LogP contribution in [0, 0.1) is 6.92 Å². The van der Waals surface area contributed by atoms with E-state index >= 15 is 0 Å². The van der Waals surface area contributed by atoms with E-state index in [4.69, 9.17) is 9.52 Å². The van der Waals surface area contributed by atoms with E-state index in [1.54, 1.807) is 29.9 Å². The van der Waals surface area contributed by atoms with Gasteiger partial charge in [-0.15, -0.1) is 0 Å². The molecule has 5 heteroatoms. The number of pyridine rings is 1. The summed E-state index contributed by atoms with van der Waals surface area (Å²) >= 11 is 0. The number of carbonyl (C=O) groups is 1. The molecule has 2 rings (SSSR count). The number of rotatable bonds is 3. The van der Waals surface area contributed by atoms with Crippen LogP contribution in [0.25, 0.3) is 0 Å². The lowest BCUT2D eigenvalue weighted by molar-refractivity contribution is 0.0694. The third-order valence-corrected chi connectivity index (χ3v) is 2.48. The maximum atomic E-state index is 11.4. The minimum Gasteiger partial charge on any atom is -0.477 e. The normalized spacial score (nSPS) is 10.4. The number of nitrogens with zero attached hydrogens (tertiary/aromatic N) is 1. The van der Waals surface area contributed by atoms with E-state index in [2.05, 4.69) is 0 Å². The molecule has 0 aliphatic rings. The van der Waals surface area contributed by atoms with Crippen molar-refractivity contribution in [1.82, 2.24) is 4.57 Å². The van der Waals surface area contributed by atoms with Crippen LogP contribution in [-0.4, -0.2) is 15.6 Å². The van der Waals surface area contributed by atoms with Crippen LogP contribution in [-0.2, 0) is 6.54 Å². The molecule has 0 aliphatic carbocycles. The van der Waals surface area contributed by atoms with Gasteiger partial charge in [0.1, 0.15) is 11.3 Å². The van der Waals surface area contributed by atoms with Crippen LogP contribution in [0.2, 0.25) is 0 Å². The molecule has 0 unspecified atom stereocenters. The minimum atomic E-state index is -1.22. The second-order valence-corrected chi connectivity index (χ2v) is 3.71. The molecule has 0 saturated heterocycles. The number of hydrogen-bond acceptors (Lipinski definition) is 3. The van der Waals surface area contributed by atoms with Crippen LogP contribution >= 0.6 is 0 Å². The third-order valence-electron chi connectivity index (χ3n) is 2.48. The Labute approximate surface area is 96.9 Å². The second-order valence-electron chi connectivity index (χ2n) is 3.71. The van der Waals surface area contributed by atoms with E-state index in [0.29, 0.717) is 18.0 Å². The van der Waals surface area contributed by atoms with Crippen molar-refractivity contribution in [1.29, 1.82) is 0 Å². The first-order valence-electron chi connectivity index (χ1n) is 5.04. The third kappa shape index (κ3) is 2.28. The molecular weight excluding hydrogens is 222 g/mol. The van der Waals surface area contributed by atoms with Gasteiger partial charge >= 0.3 is 5.97 Å². The van der Waals surface area contributed by atoms with Gasteiger partial charge in [0.15, 0.2) is 5.43 Å². The van der Waals surface area contributed by atoms with E-state index in [1.165, 1.54) is 12.3 Å². The van der Waals surface area contributed by atoms with Gasteiger partial charge < -0.3 is 14.1 Å². The Morgan fingerprint density at radius 1 is 1.53 bits per heavy atom. The van der Waals surface area contributed by atoms with Crippen LogP contribution < -0.4 is 5.43 Å². The Bertz CT molecular complexity index is 595. The zero-order valence-electron chi connectivity index (χ0n) is 9.21. The van der Waals surface area contributed by atoms with Crippen LogP contribution in [0.4, 0.5) is 0 Å². The van der Waals surface area contributed by atoms with Crippen molar-refractivity contribution < 1.29 is 14.3 Å². The lowest BCUT2D eigenvalue weighted by atomic mass is 10.2. The summed E-state index contributed by atoms with van der Waals surface area (Å²) in [5.41, 5.74) is -0.0238. The summed E-state index contributed by atoms with van der Waals surface area (Å²) in [4.78, 5) is 22.3. The molecule has 2 aromatic rings. The van der Waals surface area contributed by atoms with Crippen LogP contribution in [0.1, 0.15) is 21.8 Å². The highest BCUT2D eigenvalue weighted by Crippen LogP contribution is 2.06. The minimum absolute atomic E-state index is 0.234. The number of furan rings is 1. The average Bonchev–Trinajstić information content (AvgIpc) is 2.74. The van der Waals surface area contributed by atoms with E-state index < -0.39 is 11.4 Å². The van der Waals surface area contributed by atoms with Gasteiger partial charge in [0, 0.05) is 18.0 Å². The highest BCUT2D eigenvalue weighted by Gasteiger charge is 2.11. The summed E-state index contributed by atoms with van der Waals surface area (Å²) in [6, 6.07) is 4.86. The monoisotopic (exact) mass is 233 g/mol. The molecule has 0 fully saturated rings. The number of carboxylic acids is 1. The van der Waals surface area contributed by atoms with Gasteiger partial charge in [-0.3, -0.25) is 4.79 Å². The van der Waals surface area contributed by atoms with Crippen molar-refractivity contribution in [3.8, 4) is 0 Å². The largest absolute Gasteiger partial charge is 0.477 e. The molecule has 0 atom stereocenters. The second kappa shape index (κ2) is 4.29. The fourth-order valence-corrected chi connectivity index (χ4v) is 1.57. The van der Waals surface area contributed by atoms with Gasteiger partial charge in [-0.05, 0) is 19.1 Å². The Kier molecular flexibility index (Phi) is 2.82. The van der Waals surface area contributed by atoms with Crippen molar-refractivity contribution >= 4 is 5.97 Å². The number of carboxylic acid groups (broad SMARTS) is 1. The summed E-state index contributed by atoms with van der Waals surface area (Å²) in [5.74, 6) is -0.517. The molecule has 0 saturated carbocycles. The fraction of sp³-hybridized carbons (Fsp3) is 0.167. The Morgan fingerprint density at radius 2 is 2.29 bits per heavy atom.